The van der Waals surface area contributed by atoms with Gasteiger partial charge in [-0.05, 0) is 54.9 Å². The predicted molar refractivity (Wildman–Crippen MR) is 74.8 cm³/mol. The summed E-state index contributed by atoms with van der Waals surface area (Å²) in [6.07, 6.45) is 3.22. The summed E-state index contributed by atoms with van der Waals surface area (Å²) >= 11 is 3.52. The number of nitrogens with zero attached hydrogens (tertiary/aromatic N) is 4. The van der Waals surface area contributed by atoms with E-state index in [0.29, 0.717) is 12.0 Å². The minimum absolute atomic E-state index is 0.497. The molecule has 2 aromatic heterocycles. The van der Waals surface area contributed by atoms with Crippen LogP contribution >= 0.6 is 15.9 Å². The fourth-order valence-corrected chi connectivity index (χ4v) is 3.07. The van der Waals surface area contributed by atoms with E-state index in [2.05, 4.69) is 49.3 Å². The molecule has 5 heteroatoms. The van der Waals surface area contributed by atoms with Gasteiger partial charge in [-0.1, -0.05) is 0 Å². The zero-order valence-electron chi connectivity index (χ0n) is 10.7. The first-order valence-corrected chi connectivity index (χ1v) is 7.19. The second kappa shape index (κ2) is 4.63. The summed E-state index contributed by atoms with van der Waals surface area (Å²) in [7, 11) is 0. The largest absolute Gasteiger partial charge is 0.300 e. The molecule has 1 unspecified atom stereocenters. The third-order valence-electron chi connectivity index (χ3n) is 3.73. The molecule has 0 spiro atoms. The molecule has 3 heterocycles. The highest BCUT2D eigenvalue weighted by Gasteiger charge is 2.28. The Balaban J connectivity index is 1.94. The monoisotopic (exact) mass is 308 g/mol. The van der Waals surface area contributed by atoms with E-state index in [1.54, 1.807) is 0 Å². The summed E-state index contributed by atoms with van der Waals surface area (Å²) in [5.74, 6) is 1.59. The summed E-state index contributed by atoms with van der Waals surface area (Å²) < 4.78 is 3.11. The van der Waals surface area contributed by atoms with Crippen LogP contribution in [0.15, 0.2) is 22.8 Å². The summed E-state index contributed by atoms with van der Waals surface area (Å²) in [6, 6.07) is 4.64. The van der Waals surface area contributed by atoms with Gasteiger partial charge >= 0.3 is 0 Å². The highest BCUT2D eigenvalue weighted by atomic mass is 79.9. The topological polar surface area (TPSA) is 33.4 Å². The van der Waals surface area contributed by atoms with Gasteiger partial charge in [0, 0.05) is 24.7 Å². The van der Waals surface area contributed by atoms with Gasteiger partial charge in [-0.3, -0.25) is 4.40 Å². The van der Waals surface area contributed by atoms with Gasteiger partial charge in [0.1, 0.15) is 5.82 Å². The van der Waals surface area contributed by atoms with E-state index in [4.69, 9.17) is 0 Å². The summed E-state index contributed by atoms with van der Waals surface area (Å²) in [4.78, 5) is 2.50. The molecule has 0 radical (unpaired) electrons. The maximum absolute atomic E-state index is 4.39. The lowest BCUT2D eigenvalue weighted by Gasteiger charge is -2.19. The summed E-state index contributed by atoms with van der Waals surface area (Å²) in [6.45, 7) is 6.75. The first kappa shape index (κ1) is 12.1. The molecule has 1 saturated heterocycles. The van der Waals surface area contributed by atoms with Gasteiger partial charge in [-0.25, -0.2) is 0 Å². The molecule has 96 valence electrons. The van der Waals surface area contributed by atoms with Crippen molar-refractivity contribution in [3.63, 3.8) is 0 Å². The number of likely N-dealkylation sites (tertiary alicyclic amines) is 1. The molecule has 1 aliphatic heterocycles. The maximum atomic E-state index is 4.39. The number of aromatic nitrogens is 3. The second-order valence-electron chi connectivity index (χ2n) is 5.18. The van der Waals surface area contributed by atoms with Crippen LogP contribution in [0.4, 0.5) is 0 Å². The van der Waals surface area contributed by atoms with Crippen molar-refractivity contribution in [3.8, 4) is 0 Å². The highest BCUT2D eigenvalue weighted by Crippen LogP contribution is 2.28. The smallest absolute Gasteiger partial charge is 0.175 e. The van der Waals surface area contributed by atoms with E-state index < -0.39 is 0 Å². The molecule has 0 saturated carbocycles. The Labute approximate surface area is 115 Å². The Bertz CT molecular complexity index is 563. The lowest BCUT2D eigenvalue weighted by molar-refractivity contribution is 0.271. The van der Waals surface area contributed by atoms with Crippen LogP contribution in [0, 0.1) is 0 Å². The molecule has 1 fully saturated rings. The molecule has 2 aromatic rings. The van der Waals surface area contributed by atoms with Crippen LogP contribution in [0.1, 0.15) is 32.0 Å². The molecule has 1 atom stereocenters. The second-order valence-corrected chi connectivity index (χ2v) is 6.04. The average molecular weight is 309 g/mol. The molecule has 0 bridgehead atoms. The average Bonchev–Trinajstić information content (AvgIpc) is 2.94. The molecule has 1 aliphatic rings. The van der Waals surface area contributed by atoms with Gasteiger partial charge in [-0.2, -0.15) is 0 Å². The van der Waals surface area contributed by atoms with E-state index in [0.717, 1.165) is 29.0 Å². The number of pyridine rings is 1. The van der Waals surface area contributed by atoms with Crippen molar-refractivity contribution in [2.75, 3.05) is 13.1 Å². The van der Waals surface area contributed by atoms with E-state index >= 15 is 0 Å². The number of hydrogen-bond acceptors (Lipinski definition) is 3. The highest BCUT2D eigenvalue weighted by molar-refractivity contribution is 9.10. The fraction of sp³-hybridized carbons (Fsp3) is 0.538. The van der Waals surface area contributed by atoms with Gasteiger partial charge < -0.3 is 4.90 Å². The van der Waals surface area contributed by atoms with Crippen molar-refractivity contribution in [1.82, 2.24) is 19.5 Å². The molecule has 0 aromatic carbocycles. The number of halogens is 1. The third-order valence-corrected chi connectivity index (χ3v) is 4.35. The van der Waals surface area contributed by atoms with E-state index in [1.165, 1.54) is 6.42 Å². The standard InChI is InChI=1S/C13H17BrN4/c1-9(2)17-7-5-10(8-17)12-15-16-13-11(14)4-3-6-18(12)13/h3-4,6,9-10H,5,7-8H2,1-2H3. The first-order valence-electron chi connectivity index (χ1n) is 6.40. The summed E-state index contributed by atoms with van der Waals surface area (Å²) in [5.41, 5.74) is 0.912. The molecule has 18 heavy (non-hydrogen) atoms. The zero-order valence-corrected chi connectivity index (χ0v) is 12.3. The SMILES string of the molecule is CC(C)N1CCC(c2nnc3c(Br)cccn23)C1. The van der Waals surface area contributed by atoms with Crippen LogP contribution < -0.4 is 0 Å². The van der Waals surface area contributed by atoms with Crippen LogP contribution in [0.3, 0.4) is 0 Å². The van der Waals surface area contributed by atoms with Gasteiger partial charge in [-0.15, -0.1) is 10.2 Å². The third kappa shape index (κ3) is 1.95. The minimum Gasteiger partial charge on any atom is -0.300 e. The Morgan fingerprint density at radius 1 is 1.39 bits per heavy atom. The number of fused-ring (bicyclic) bond motifs is 1. The Morgan fingerprint density at radius 2 is 2.22 bits per heavy atom. The van der Waals surface area contributed by atoms with Crippen molar-refractivity contribution in [2.24, 2.45) is 0 Å². The van der Waals surface area contributed by atoms with Crippen molar-refractivity contribution < 1.29 is 0 Å². The maximum Gasteiger partial charge on any atom is 0.175 e. The van der Waals surface area contributed by atoms with E-state index in [9.17, 15) is 0 Å². The normalized spacial score (nSPS) is 21.2. The molecule has 4 nitrogen and oxygen atoms in total. The van der Waals surface area contributed by atoms with E-state index in [-0.39, 0.29) is 0 Å². The van der Waals surface area contributed by atoms with Crippen LogP contribution in [0.25, 0.3) is 5.65 Å². The molecule has 0 aliphatic carbocycles. The number of hydrogen-bond donors (Lipinski definition) is 0. The summed E-state index contributed by atoms with van der Waals surface area (Å²) in [5, 5.41) is 8.67. The van der Waals surface area contributed by atoms with Crippen LogP contribution in [-0.4, -0.2) is 38.6 Å². The Hall–Kier alpha value is -0.940. The van der Waals surface area contributed by atoms with Gasteiger partial charge in [0.25, 0.3) is 0 Å². The van der Waals surface area contributed by atoms with Gasteiger partial charge in [0.15, 0.2) is 5.65 Å². The quantitative estimate of drug-likeness (QED) is 0.855. The molecule has 0 N–H and O–H groups in total. The van der Waals surface area contributed by atoms with Crippen molar-refractivity contribution in [2.45, 2.75) is 32.2 Å². The van der Waals surface area contributed by atoms with Crippen molar-refractivity contribution in [3.05, 3.63) is 28.6 Å². The zero-order chi connectivity index (χ0) is 12.7. The van der Waals surface area contributed by atoms with Crippen molar-refractivity contribution >= 4 is 21.6 Å². The fourth-order valence-electron chi connectivity index (χ4n) is 2.65. The molecule has 3 rings (SSSR count). The molecular formula is C13H17BrN4. The van der Waals surface area contributed by atoms with Gasteiger partial charge in [0.2, 0.25) is 0 Å². The minimum atomic E-state index is 0.497. The van der Waals surface area contributed by atoms with Gasteiger partial charge in [0.05, 0.1) is 4.47 Å². The first-order chi connectivity index (χ1) is 8.66. The number of rotatable bonds is 2. The molecule has 0 amide bonds. The molecular weight excluding hydrogens is 292 g/mol. The van der Waals surface area contributed by atoms with Crippen LogP contribution in [0.2, 0.25) is 0 Å². The van der Waals surface area contributed by atoms with Crippen LogP contribution in [-0.2, 0) is 0 Å². The Kier molecular flexibility index (Phi) is 3.11. The lowest BCUT2D eigenvalue weighted by atomic mass is 10.1. The Morgan fingerprint density at radius 3 is 2.94 bits per heavy atom. The van der Waals surface area contributed by atoms with Crippen molar-refractivity contribution in [1.29, 1.82) is 0 Å². The predicted octanol–water partition coefficient (Wildman–Crippen LogP) is 2.69. The van der Waals surface area contributed by atoms with E-state index in [1.807, 2.05) is 18.3 Å². The van der Waals surface area contributed by atoms with Crippen LogP contribution in [0.5, 0.6) is 0 Å². The lowest BCUT2D eigenvalue weighted by Crippen LogP contribution is -2.28.